The Balaban J connectivity index is 2.31. The number of nitrogens with two attached hydrogens (primary N) is 1. The molecule has 2 rings (SSSR count). The van der Waals surface area contributed by atoms with Gasteiger partial charge in [-0.1, -0.05) is 23.7 Å². The molecule has 0 bridgehead atoms. The fourth-order valence-corrected chi connectivity index (χ4v) is 2.29. The Labute approximate surface area is 131 Å². The molecule has 1 aromatic rings. The predicted molar refractivity (Wildman–Crippen MR) is 87.0 cm³/mol. The lowest BCUT2D eigenvalue weighted by Gasteiger charge is -2.32. The van der Waals surface area contributed by atoms with Crippen LogP contribution in [0.4, 0.5) is 5.69 Å². The summed E-state index contributed by atoms with van der Waals surface area (Å²) in [4.78, 5) is 0. The van der Waals surface area contributed by atoms with Crippen molar-refractivity contribution in [3.63, 3.8) is 0 Å². The van der Waals surface area contributed by atoms with Crippen LogP contribution < -0.4 is 5.73 Å². The monoisotopic (exact) mass is 309 g/mol. The van der Waals surface area contributed by atoms with Crippen LogP contribution in [0, 0.1) is 0 Å². The maximum absolute atomic E-state index is 9.64. The van der Waals surface area contributed by atoms with E-state index in [9.17, 15) is 5.11 Å². The molecule has 0 aliphatic carbocycles. The van der Waals surface area contributed by atoms with Crippen molar-refractivity contribution >= 4 is 30.5 Å². The first-order valence-corrected chi connectivity index (χ1v) is 7.26. The van der Waals surface area contributed by atoms with Gasteiger partial charge in [-0.05, 0) is 50.9 Å². The van der Waals surface area contributed by atoms with Crippen molar-refractivity contribution in [3.05, 3.63) is 34.3 Å². The van der Waals surface area contributed by atoms with Crippen LogP contribution in [0.15, 0.2) is 23.7 Å². The third kappa shape index (κ3) is 3.26. The third-order valence-electron chi connectivity index (χ3n) is 4.10. The zero-order valence-corrected chi connectivity index (χ0v) is 13.6. The minimum Gasteiger partial charge on any atom is -0.400 e. The van der Waals surface area contributed by atoms with Gasteiger partial charge >= 0.3 is 7.12 Å². The van der Waals surface area contributed by atoms with Gasteiger partial charge in [0.2, 0.25) is 0 Å². The molecule has 0 saturated carbocycles. The normalized spacial score (nSPS) is 20.9. The average Bonchev–Trinajstić information content (AvgIpc) is 2.57. The maximum Gasteiger partial charge on any atom is 0.492 e. The van der Waals surface area contributed by atoms with Crippen LogP contribution in [0.1, 0.15) is 33.3 Å². The predicted octanol–water partition coefficient (Wildman–Crippen LogP) is 2.93. The highest BCUT2D eigenvalue weighted by Gasteiger charge is 2.52. The second-order valence-corrected chi connectivity index (χ2v) is 6.65. The highest BCUT2D eigenvalue weighted by Crippen LogP contribution is 2.39. The summed E-state index contributed by atoms with van der Waals surface area (Å²) >= 11 is 6.16. The molecule has 0 aromatic heterocycles. The van der Waals surface area contributed by atoms with Gasteiger partial charge in [-0.2, -0.15) is 0 Å². The van der Waals surface area contributed by atoms with Crippen molar-refractivity contribution in [2.24, 2.45) is 0 Å². The molecule has 114 valence electrons. The van der Waals surface area contributed by atoms with E-state index in [1.807, 2.05) is 27.7 Å². The summed E-state index contributed by atoms with van der Waals surface area (Å²) in [6, 6.07) is 5.24. The first-order valence-electron chi connectivity index (χ1n) is 6.88. The van der Waals surface area contributed by atoms with Crippen molar-refractivity contribution in [1.29, 1.82) is 0 Å². The average molecular weight is 310 g/mol. The molecule has 1 aliphatic heterocycles. The summed E-state index contributed by atoms with van der Waals surface area (Å²) in [7, 11) is -0.589. The van der Waals surface area contributed by atoms with E-state index >= 15 is 0 Å². The third-order valence-corrected chi connectivity index (χ3v) is 4.43. The van der Waals surface area contributed by atoms with Crippen molar-refractivity contribution in [1.82, 2.24) is 0 Å². The van der Waals surface area contributed by atoms with Crippen LogP contribution in [-0.2, 0) is 9.31 Å². The Morgan fingerprint density at radius 2 is 1.86 bits per heavy atom. The lowest BCUT2D eigenvalue weighted by Crippen LogP contribution is -2.41. The quantitative estimate of drug-likeness (QED) is 0.665. The van der Waals surface area contributed by atoms with Gasteiger partial charge in [0.05, 0.1) is 17.8 Å². The molecule has 3 N–H and O–H groups in total. The largest absolute Gasteiger partial charge is 0.492 e. The zero-order valence-electron chi connectivity index (χ0n) is 12.8. The second-order valence-electron chi connectivity index (χ2n) is 6.25. The molecule has 6 heteroatoms. The Kier molecular flexibility index (Phi) is 4.40. The Morgan fingerprint density at radius 1 is 1.29 bits per heavy atom. The standard InChI is InChI=1S/C15H21BClNO3/c1-14(2)15(3,4)21-16(20-14)11(9-19)7-10-5-6-12(18)8-13(10)17/h5-8,19H,9,18H2,1-4H3. The van der Waals surface area contributed by atoms with Crippen LogP contribution >= 0.6 is 11.6 Å². The highest BCUT2D eigenvalue weighted by atomic mass is 35.5. The molecule has 1 aliphatic rings. The molecule has 0 spiro atoms. The van der Waals surface area contributed by atoms with Crippen LogP contribution in [0.3, 0.4) is 0 Å². The Hall–Kier alpha value is -1.01. The molecular formula is C15H21BClNO3. The molecule has 1 fully saturated rings. The van der Waals surface area contributed by atoms with Crippen molar-refractivity contribution in [2.45, 2.75) is 38.9 Å². The van der Waals surface area contributed by atoms with Crippen LogP contribution in [0.5, 0.6) is 0 Å². The van der Waals surface area contributed by atoms with Gasteiger partial charge in [0, 0.05) is 10.7 Å². The Bertz CT molecular complexity index is 556. The van der Waals surface area contributed by atoms with E-state index in [-0.39, 0.29) is 6.61 Å². The molecular weight excluding hydrogens is 288 g/mol. The summed E-state index contributed by atoms with van der Waals surface area (Å²) in [5.41, 5.74) is 6.77. The van der Waals surface area contributed by atoms with E-state index in [0.717, 1.165) is 5.56 Å². The second kappa shape index (κ2) is 5.65. The van der Waals surface area contributed by atoms with E-state index in [1.54, 1.807) is 24.3 Å². The fourth-order valence-electron chi connectivity index (χ4n) is 2.04. The van der Waals surface area contributed by atoms with Crippen molar-refractivity contribution in [3.8, 4) is 0 Å². The molecule has 0 amide bonds. The highest BCUT2D eigenvalue weighted by molar-refractivity contribution is 6.56. The summed E-state index contributed by atoms with van der Waals surface area (Å²) < 4.78 is 11.9. The van der Waals surface area contributed by atoms with E-state index in [0.29, 0.717) is 16.2 Å². The molecule has 4 nitrogen and oxygen atoms in total. The van der Waals surface area contributed by atoms with Crippen LogP contribution in [-0.4, -0.2) is 30.0 Å². The van der Waals surface area contributed by atoms with Gasteiger partial charge in [0.25, 0.3) is 0 Å². The topological polar surface area (TPSA) is 64.7 Å². The van der Waals surface area contributed by atoms with Gasteiger partial charge in [-0.25, -0.2) is 0 Å². The number of halogens is 1. The van der Waals surface area contributed by atoms with Gasteiger partial charge < -0.3 is 20.1 Å². The first kappa shape index (κ1) is 16.4. The Morgan fingerprint density at radius 3 is 2.33 bits per heavy atom. The smallest absolute Gasteiger partial charge is 0.400 e. The summed E-state index contributed by atoms with van der Waals surface area (Å²) in [6.45, 7) is 7.71. The number of aliphatic hydroxyl groups is 1. The van der Waals surface area contributed by atoms with Gasteiger partial charge in [0.1, 0.15) is 0 Å². The summed E-state index contributed by atoms with van der Waals surface area (Å²) in [6.07, 6.45) is 1.78. The SMILES string of the molecule is CC1(C)OB(C(=Cc2ccc(N)cc2Cl)CO)OC1(C)C. The van der Waals surface area contributed by atoms with Crippen molar-refractivity contribution in [2.75, 3.05) is 12.3 Å². The molecule has 1 heterocycles. The number of hydrogen-bond acceptors (Lipinski definition) is 4. The minimum absolute atomic E-state index is 0.169. The number of rotatable bonds is 3. The summed E-state index contributed by atoms with van der Waals surface area (Å²) in [5, 5.41) is 10.2. The zero-order chi connectivity index (χ0) is 15.8. The number of nitrogen functional groups attached to an aromatic ring is 1. The number of benzene rings is 1. The van der Waals surface area contributed by atoms with E-state index in [4.69, 9.17) is 26.6 Å². The number of hydrogen-bond donors (Lipinski definition) is 2. The lowest BCUT2D eigenvalue weighted by molar-refractivity contribution is 0.00578. The van der Waals surface area contributed by atoms with Gasteiger partial charge in [-0.15, -0.1) is 0 Å². The molecule has 0 radical (unpaired) electrons. The molecule has 1 saturated heterocycles. The van der Waals surface area contributed by atoms with E-state index < -0.39 is 18.3 Å². The van der Waals surface area contributed by atoms with Gasteiger partial charge in [-0.3, -0.25) is 0 Å². The molecule has 1 aromatic carbocycles. The van der Waals surface area contributed by atoms with Crippen molar-refractivity contribution < 1.29 is 14.4 Å². The van der Waals surface area contributed by atoms with E-state index in [1.165, 1.54) is 0 Å². The minimum atomic E-state index is -0.589. The first-order chi connectivity index (χ1) is 9.66. The maximum atomic E-state index is 9.64. The van der Waals surface area contributed by atoms with Crippen LogP contribution in [0.2, 0.25) is 5.02 Å². The molecule has 21 heavy (non-hydrogen) atoms. The van der Waals surface area contributed by atoms with Gasteiger partial charge in [0.15, 0.2) is 0 Å². The summed E-state index contributed by atoms with van der Waals surface area (Å²) in [5.74, 6) is 0. The number of anilines is 1. The fraction of sp³-hybridized carbons (Fsp3) is 0.467. The lowest BCUT2D eigenvalue weighted by atomic mass is 9.77. The molecule has 0 unspecified atom stereocenters. The van der Waals surface area contributed by atoms with Crippen LogP contribution in [0.25, 0.3) is 6.08 Å². The number of aliphatic hydroxyl groups excluding tert-OH is 1. The van der Waals surface area contributed by atoms with E-state index in [2.05, 4.69) is 0 Å². The molecule has 0 atom stereocenters.